The lowest BCUT2D eigenvalue weighted by molar-refractivity contribution is -0.136. The summed E-state index contributed by atoms with van der Waals surface area (Å²) in [5.74, 6) is -0.269. The van der Waals surface area contributed by atoms with Gasteiger partial charge >= 0.3 is 5.97 Å². The summed E-state index contributed by atoms with van der Waals surface area (Å²) in [6, 6.07) is 13.7. The first-order chi connectivity index (χ1) is 10.5. The summed E-state index contributed by atoms with van der Waals surface area (Å²) >= 11 is 0. The molecule has 0 bridgehead atoms. The summed E-state index contributed by atoms with van der Waals surface area (Å²) in [5.41, 5.74) is 2.39. The SMILES string of the molecule is Cc1ccc(C)c(OC(=O)[C@H](C)NC(=O)c2ccccc2)c1. The van der Waals surface area contributed by atoms with Crippen molar-refractivity contribution in [1.82, 2.24) is 5.32 Å². The van der Waals surface area contributed by atoms with E-state index >= 15 is 0 Å². The molecule has 2 aromatic rings. The maximum atomic E-state index is 12.1. The number of amides is 1. The van der Waals surface area contributed by atoms with E-state index in [9.17, 15) is 9.59 Å². The molecule has 22 heavy (non-hydrogen) atoms. The van der Waals surface area contributed by atoms with Crippen molar-refractivity contribution < 1.29 is 14.3 Å². The molecule has 4 heteroatoms. The number of carbonyl (C=O) groups is 2. The van der Waals surface area contributed by atoms with Gasteiger partial charge in [-0.1, -0.05) is 30.3 Å². The third-order valence-corrected chi connectivity index (χ3v) is 3.29. The van der Waals surface area contributed by atoms with Crippen molar-refractivity contribution >= 4 is 11.9 Å². The number of hydrogen-bond acceptors (Lipinski definition) is 3. The van der Waals surface area contributed by atoms with Crippen molar-refractivity contribution in [3.05, 3.63) is 65.2 Å². The van der Waals surface area contributed by atoms with E-state index in [4.69, 9.17) is 4.74 Å². The molecule has 0 unspecified atom stereocenters. The van der Waals surface area contributed by atoms with E-state index in [-0.39, 0.29) is 5.91 Å². The van der Waals surface area contributed by atoms with Crippen molar-refractivity contribution in [1.29, 1.82) is 0 Å². The zero-order valence-corrected chi connectivity index (χ0v) is 12.9. The van der Waals surface area contributed by atoms with Gasteiger partial charge < -0.3 is 10.1 Å². The van der Waals surface area contributed by atoms with E-state index in [2.05, 4.69) is 5.32 Å². The van der Waals surface area contributed by atoms with Crippen LogP contribution in [0.1, 0.15) is 28.4 Å². The Morgan fingerprint density at radius 3 is 2.41 bits per heavy atom. The second-order valence-electron chi connectivity index (χ2n) is 5.25. The van der Waals surface area contributed by atoms with E-state index in [0.29, 0.717) is 11.3 Å². The van der Waals surface area contributed by atoms with Gasteiger partial charge in [0.15, 0.2) is 0 Å². The fourth-order valence-electron chi connectivity index (χ4n) is 1.94. The smallest absolute Gasteiger partial charge is 0.333 e. The number of hydrogen-bond donors (Lipinski definition) is 1. The van der Waals surface area contributed by atoms with Gasteiger partial charge in [-0.3, -0.25) is 4.79 Å². The number of nitrogens with one attached hydrogen (secondary N) is 1. The molecule has 0 heterocycles. The molecule has 0 fully saturated rings. The Balaban J connectivity index is 2.00. The Kier molecular flexibility index (Phi) is 4.94. The van der Waals surface area contributed by atoms with Crippen LogP contribution in [-0.4, -0.2) is 17.9 Å². The first-order valence-electron chi connectivity index (χ1n) is 7.12. The zero-order chi connectivity index (χ0) is 16.1. The molecule has 1 N–H and O–H groups in total. The lowest BCUT2D eigenvalue weighted by Gasteiger charge is -2.14. The average molecular weight is 297 g/mol. The number of carbonyl (C=O) groups excluding carboxylic acids is 2. The van der Waals surface area contributed by atoms with Gasteiger partial charge in [-0.15, -0.1) is 0 Å². The largest absolute Gasteiger partial charge is 0.425 e. The highest BCUT2D eigenvalue weighted by Gasteiger charge is 2.19. The van der Waals surface area contributed by atoms with Gasteiger partial charge in [0.1, 0.15) is 11.8 Å². The molecular formula is C18H19NO3. The van der Waals surface area contributed by atoms with Crippen LogP contribution in [0, 0.1) is 13.8 Å². The molecule has 114 valence electrons. The summed E-state index contributed by atoms with van der Waals surface area (Å²) in [4.78, 5) is 24.1. The van der Waals surface area contributed by atoms with Crippen LogP contribution >= 0.6 is 0 Å². The Morgan fingerprint density at radius 2 is 1.73 bits per heavy atom. The molecule has 2 rings (SSSR count). The molecule has 0 spiro atoms. The second kappa shape index (κ2) is 6.89. The minimum absolute atomic E-state index is 0.300. The van der Waals surface area contributed by atoms with Crippen molar-refractivity contribution in [3.8, 4) is 5.75 Å². The Bertz CT molecular complexity index is 680. The lowest BCUT2D eigenvalue weighted by Crippen LogP contribution is -2.40. The fraction of sp³-hybridized carbons (Fsp3) is 0.222. The van der Waals surface area contributed by atoms with Gasteiger partial charge in [-0.25, -0.2) is 4.79 Å². The van der Waals surface area contributed by atoms with Crippen molar-refractivity contribution in [2.75, 3.05) is 0 Å². The highest BCUT2D eigenvalue weighted by atomic mass is 16.5. The molecule has 0 radical (unpaired) electrons. The number of ether oxygens (including phenoxy) is 1. The van der Waals surface area contributed by atoms with Crippen LogP contribution in [0.15, 0.2) is 48.5 Å². The quantitative estimate of drug-likeness (QED) is 0.697. The highest BCUT2D eigenvalue weighted by Crippen LogP contribution is 2.19. The fourth-order valence-corrected chi connectivity index (χ4v) is 1.94. The van der Waals surface area contributed by atoms with Crippen LogP contribution in [0.5, 0.6) is 5.75 Å². The van der Waals surface area contributed by atoms with E-state index in [1.54, 1.807) is 37.3 Å². The number of esters is 1. The molecule has 0 aliphatic carbocycles. The van der Waals surface area contributed by atoms with E-state index in [1.165, 1.54) is 0 Å². The monoisotopic (exact) mass is 297 g/mol. The third kappa shape index (κ3) is 3.95. The summed E-state index contributed by atoms with van der Waals surface area (Å²) in [5, 5.41) is 2.64. The minimum atomic E-state index is -0.729. The first kappa shape index (κ1) is 15.8. The van der Waals surface area contributed by atoms with Crippen molar-refractivity contribution in [2.24, 2.45) is 0 Å². The van der Waals surface area contributed by atoms with Gasteiger partial charge in [-0.2, -0.15) is 0 Å². The van der Waals surface area contributed by atoms with E-state index in [0.717, 1.165) is 11.1 Å². The molecule has 0 aliphatic heterocycles. The lowest BCUT2D eigenvalue weighted by atomic mass is 10.1. The second-order valence-corrected chi connectivity index (χ2v) is 5.25. The Hall–Kier alpha value is -2.62. The van der Waals surface area contributed by atoms with Crippen LogP contribution < -0.4 is 10.1 Å². The van der Waals surface area contributed by atoms with Crippen molar-refractivity contribution in [3.63, 3.8) is 0 Å². The van der Waals surface area contributed by atoms with Crippen LogP contribution in [-0.2, 0) is 4.79 Å². The highest BCUT2D eigenvalue weighted by molar-refractivity contribution is 5.96. The van der Waals surface area contributed by atoms with Crippen molar-refractivity contribution in [2.45, 2.75) is 26.8 Å². The summed E-state index contributed by atoms with van der Waals surface area (Å²) in [6.07, 6.45) is 0. The number of rotatable bonds is 4. The molecule has 0 aliphatic rings. The minimum Gasteiger partial charge on any atom is -0.425 e. The third-order valence-electron chi connectivity index (χ3n) is 3.29. The standard InChI is InChI=1S/C18H19NO3/c1-12-9-10-13(2)16(11-12)22-18(21)14(3)19-17(20)15-7-5-4-6-8-15/h4-11,14H,1-3H3,(H,19,20)/t14-/m0/s1. The maximum Gasteiger partial charge on any atom is 0.333 e. The first-order valence-corrected chi connectivity index (χ1v) is 7.12. The molecule has 0 aromatic heterocycles. The topological polar surface area (TPSA) is 55.4 Å². The molecular weight excluding hydrogens is 278 g/mol. The van der Waals surface area contributed by atoms with Crippen LogP contribution in [0.25, 0.3) is 0 Å². The van der Waals surface area contributed by atoms with Gasteiger partial charge in [0, 0.05) is 5.56 Å². The molecule has 2 aromatic carbocycles. The molecule has 4 nitrogen and oxygen atoms in total. The van der Waals surface area contributed by atoms with Gasteiger partial charge in [0.25, 0.3) is 5.91 Å². The normalized spacial score (nSPS) is 11.6. The Labute approximate surface area is 130 Å². The predicted molar refractivity (Wildman–Crippen MR) is 84.9 cm³/mol. The predicted octanol–water partition coefficient (Wildman–Crippen LogP) is 3.03. The van der Waals surface area contributed by atoms with Gasteiger partial charge in [-0.05, 0) is 50.1 Å². The van der Waals surface area contributed by atoms with Gasteiger partial charge in [0.2, 0.25) is 0 Å². The molecule has 0 saturated carbocycles. The summed E-state index contributed by atoms with van der Waals surface area (Å²) in [6.45, 7) is 5.40. The van der Waals surface area contributed by atoms with E-state index < -0.39 is 12.0 Å². The van der Waals surface area contributed by atoms with Crippen LogP contribution in [0.3, 0.4) is 0 Å². The van der Waals surface area contributed by atoms with Crippen LogP contribution in [0.4, 0.5) is 0 Å². The summed E-state index contributed by atoms with van der Waals surface area (Å²) in [7, 11) is 0. The number of aryl methyl sites for hydroxylation is 2. The molecule has 1 amide bonds. The van der Waals surface area contributed by atoms with E-state index in [1.807, 2.05) is 32.0 Å². The Morgan fingerprint density at radius 1 is 1.05 bits per heavy atom. The average Bonchev–Trinajstić information content (AvgIpc) is 2.51. The summed E-state index contributed by atoms with van der Waals surface area (Å²) < 4.78 is 5.37. The number of benzene rings is 2. The van der Waals surface area contributed by atoms with Gasteiger partial charge in [0.05, 0.1) is 0 Å². The molecule has 0 saturated heterocycles. The van der Waals surface area contributed by atoms with Crippen LogP contribution in [0.2, 0.25) is 0 Å². The zero-order valence-electron chi connectivity index (χ0n) is 12.9. The maximum absolute atomic E-state index is 12.1. The molecule has 1 atom stereocenters.